The highest BCUT2D eigenvalue weighted by atomic mass is 15.0. The van der Waals surface area contributed by atoms with Crippen LogP contribution in [0.3, 0.4) is 0 Å². The first-order valence-corrected chi connectivity index (χ1v) is 16.0. The van der Waals surface area contributed by atoms with Crippen LogP contribution in [0.5, 0.6) is 0 Å². The van der Waals surface area contributed by atoms with Gasteiger partial charge in [0.05, 0.1) is 22.1 Å². The van der Waals surface area contributed by atoms with Crippen molar-refractivity contribution in [3.05, 3.63) is 158 Å². The summed E-state index contributed by atoms with van der Waals surface area (Å²) in [6.45, 7) is 0. The lowest BCUT2D eigenvalue weighted by atomic mass is 9.87. The number of hydrogen-bond acceptors (Lipinski definition) is 0. The van der Waals surface area contributed by atoms with E-state index in [-0.39, 0.29) is 0 Å². The van der Waals surface area contributed by atoms with Gasteiger partial charge in [-0.1, -0.05) is 109 Å². The molecule has 0 atom stereocenters. The van der Waals surface area contributed by atoms with Gasteiger partial charge < -0.3 is 9.13 Å². The number of benzene rings is 9. The van der Waals surface area contributed by atoms with Crippen LogP contribution in [-0.2, 0) is 0 Å². The van der Waals surface area contributed by atoms with Gasteiger partial charge in [0.1, 0.15) is 0 Å². The van der Waals surface area contributed by atoms with Crippen molar-refractivity contribution in [3.63, 3.8) is 0 Å². The lowest BCUT2D eigenvalue weighted by molar-refractivity contribution is 1.18. The lowest BCUT2D eigenvalue weighted by Gasteiger charge is -2.17. The van der Waals surface area contributed by atoms with Crippen molar-refractivity contribution < 1.29 is 0 Å². The molecule has 0 bridgehead atoms. The molecule has 0 radical (unpaired) electrons. The zero-order valence-electron chi connectivity index (χ0n) is 24.9. The first-order chi connectivity index (χ1) is 22.9. The Bertz CT molecular complexity index is 2790. The molecule has 11 rings (SSSR count). The van der Waals surface area contributed by atoms with Crippen molar-refractivity contribution in [2.24, 2.45) is 0 Å². The summed E-state index contributed by atoms with van der Waals surface area (Å²) < 4.78 is 4.90. The van der Waals surface area contributed by atoms with E-state index in [1.165, 1.54) is 98.1 Å². The summed E-state index contributed by atoms with van der Waals surface area (Å²) in [6, 6.07) is 58.1. The predicted octanol–water partition coefficient (Wildman–Crippen LogP) is 11.9. The number of nitrogens with zero attached hydrogens (tertiary/aromatic N) is 2. The maximum Gasteiger partial charge on any atom is 0.0553 e. The second-order valence-corrected chi connectivity index (χ2v) is 12.5. The van der Waals surface area contributed by atoms with E-state index in [2.05, 4.69) is 167 Å². The van der Waals surface area contributed by atoms with Gasteiger partial charge in [0, 0.05) is 32.9 Å². The molecule has 2 aromatic heterocycles. The molecule has 11 aromatic rings. The first-order valence-electron chi connectivity index (χ1n) is 16.0. The lowest BCUT2D eigenvalue weighted by Crippen LogP contribution is -1.95. The van der Waals surface area contributed by atoms with Gasteiger partial charge in [-0.15, -0.1) is 0 Å². The second-order valence-electron chi connectivity index (χ2n) is 12.5. The Kier molecular flexibility index (Phi) is 4.61. The molecule has 2 heterocycles. The molecule has 0 saturated heterocycles. The Morgan fingerprint density at radius 2 is 0.609 bits per heavy atom. The topological polar surface area (TPSA) is 9.86 Å². The minimum absolute atomic E-state index is 1.18. The van der Waals surface area contributed by atoms with Gasteiger partial charge in [0.15, 0.2) is 0 Å². The average molecular weight is 583 g/mol. The molecular formula is C44H26N2. The van der Waals surface area contributed by atoms with Crippen LogP contribution in [0.2, 0.25) is 0 Å². The number of hydrogen-bond donors (Lipinski definition) is 0. The smallest absolute Gasteiger partial charge is 0.0553 e. The summed E-state index contributed by atoms with van der Waals surface area (Å²) in [4.78, 5) is 0. The fourth-order valence-corrected chi connectivity index (χ4v) is 8.46. The van der Waals surface area contributed by atoms with E-state index >= 15 is 0 Å². The van der Waals surface area contributed by atoms with Crippen LogP contribution in [0.25, 0.3) is 98.1 Å². The zero-order chi connectivity index (χ0) is 29.9. The van der Waals surface area contributed by atoms with Crippen LogP contribution in [0.1, 0.15) is 0 Å². The fourth-order valence-electron chi connectivity index (χ4n) is 8.46. The van der Waals surface area contributed by atoms with Gasteiger partial charge >= 0.3 is 0 Å². The van der Waals surface area contributed by atoms with Crippen molar-refractivity contribution >= 4 is 86.7 Å². The Morgan fingerprint density at radius 3 is 1.07 bits per heavy atom. The normalized spacial score (nSPS) is 12.3. The van der Waals surface area contributed by atoms with Crippen molar-refractivity contribution in [1.29, 1.82) is 0 Å². The van der Waals surface area contributed by atoms with Crippen LogP contribution in [-0.4, -0.2) is 9.13 Å². The molecule has 0 aliphatic carbocycles. The largest absolute Gasteiger partial charge is 0.309 e. The molecular weight excluding hydrogens is 556 g/mol. The molecule has 0 aliphatic heterocycles. The second kappa shape index (κ2) is 8.74. The molecule has 2 heteroatoms. The minimum Gasteiger partial charge on any atom is -0.309 e. The third-order valence-electron chi connectivity index (χ3n) is 10.2. The summed E-state index contributed by atoms with van der Waals surface area (Å²) in [7, 11) is 0. The first kappa shape index (κ1) is 24.2. The molecule has 0 saturated carbocycles. The monoisotopic (exact) mass is 582 g/mol. The summed E-state index contributed by atoms with van der Waals surface area (Å²) in [5, 5.41) is 15.7. The van der Waals surface area contributed by atoms with Crippen molar-refractivity contribution in [2.75, 3.05) is 0 Å². The van der Waals surface area contributed by atoms with Crippen molar-refractivity contribution in [1.82, 2.24) is 9.13 Å². The average Bonchev–Trinajstić information content (AvgIpc) is 3.64. The Balaban J connectivity index is 1.44. The summed E-state index contributed by atoms with van der Waals surface area (Å²) in [6.07, 6.45) is 0. The van der Waals surface area contributed by atoms with Gasteiger partial charge in [-0.3, -0.25) is 0 Å². The predicted molar refractivity (Wildman–Crippen MR) is 196 cm³/mol. The number of para-hydroxylation sites is 4. The van der Waals surface area contributed by atoms with E-state index in [4.69, 9.17) is 0 Å². The van der Waals surface area contributed by atoms with Crippen LogP contribution >= 0.6 is 0 Å². The highest BCUT2D eigenvalue weighted by Gasteiger charge is 2.23. The molecule has 0 N–H and O–H groups in total. The molecule has 0 amide bonds. The van der Waals surface area contributed by atoms with Gasteiger partial charge in [-0.25, -0.2) is 0 Å². The van der Waals surface area contributed by atoms with E-state index in [1.54, 1.807) is 0 Å². The number of aromatic nitrogens is 2. The van der Waals surface area contributed by atoms with E-state index in [1.807, 2.05) is 0 Å². The Hall–Kier alpha value is -6.12. The Labute approximate surface area is 264 Å². The minimum atomic E-state index is 1.18. The highest BCUT2D eigenvalue weighted by Crippen LogP contribution is 2.48. The van der Waals surface area contributed by atoms with Gasteiger partial charge in [0.2, 0.25) is 0 Å². The van der Waals surface area contributed by atoms with Crippen LogP contribution in [0.15, 0.2) is 158 Å². The summed E-state index contributed by atoms with van der Waals surface area (Å²) in [5.41, 5.74) is 7.30. The maximum absolute atomic E-state index is 2.47. The van der Waals surface area contributed by atoms with E-state index in [0.29, 0.717) is 0 Å². The number of fused-ring (bicyclic) bond motifs is 10. The molecule has 0 spiro atoms. The van der Waals surface area contributed by atoms with Crippen molar-refractivity contribution in [2.45, 2.75) is 0 Å². The third kappa shape index (κ3) is 2.96. The van der Waals surface area contributed by atoms with Gasteiger partial charge in [0.25, 0.3) is 0 Å². The molecule has 0 unspecified atom stereocenters. The summed E-state index contributed by atoms with van der Waals surface area (Å²) >= 11 is 0. The molecule has 0 aliphatic rings. The molecule has 9 aromatic carbocycles. The van der Waals surface area contributed by atoms with Crippen LogP contribution in [0, 0.1) is 0 Å². The standard InChI is InChI=1S/C44H26N2/c1-3-13-27(14-4-1)45-37-23-9-7-17-31(37)43-33-21-11-19-29-30-20-12-22-34-42(30)36(35(41(29)33)25-39(43)45)26-40-44(34)32-18-8-10-24-38(32)46(40)28-15-5-2-6-16-28/h1-26H. The molecule has 212 valence electrons. The quantitative estimate of drug-likeness (QED) is 0.142. The van der Waals surface area contributed by atoms with E-state index in [9.17, 15) is 0 Å². The van der Waals surface area contributed by atoms with Gasteiger partial charge in [-0.05, 0) is 91.6 Å². The molecule has 46 heavy (non-hydrogen) atoms. The van der Waals surface area contributed by atoms with Crippen LogP contribution in [0.4, 0.5) is 0 Å². The molecule has 2 nitrogen and oxygen atoms in total. The Morgan fingerprint density at radius 1 is 0.239 bits per heavy atom. The maximum atomic E-state index is 2.47. The summed E-state index contributed by atoms with van der Waals surface area (Å²) in [5.74, 6) is 0. The third-order valence-corrected chi connectivity index (χ3v) is 10.2. The fraction of sp³-hybridized carbons (Fsp3) is 0. The molecule has 0 fully saturated rings. The van der Waals surface area contributed by atoms with E-state index < -0.39 is 0 Å². The zero-order valence-corrected chi connectivity index (χ0v) is 24.9. The highest BCUT2D eigenvalue weighted by molar-refractivity contribution is 6.41. The van der Waals surface area contributed by atoms with Crippen LogP contribution < -0.4 is 0 Å². The van der Waals surface area contributed by atoms with Crippen molar-refractivity contribution in [3.8, 4) is 11.4 Å². The SMILES string of the molecule is c1ccc(-n2c3ccccc3c3c4cccc5c6cccc7c6c(cc6c7c7ccccc7n6-c6ccccc6)c(cc32)c54)cc1. The van der Waals surface area contributed by atoms with Gasteiger partial charge in [-0.2, -0.15) is 0 Å². The van der Waals surface area contributed by atoms with E-state index in [0.717, 1.165) is 0 Å². The number of rotatable bonds is 2.